The highest BCUT2D eigenvalue weighted by molar-refractivity contribution is 5.43. The normalized spacial score (nSPS) is 43.1. The summed E-state index contributed by atoms with van der Waals surface area (Å²) in [5.74, 6) is 1.65. The number of phenolic OH excluding ortho intramolecular Hbond substituents is 1. The molecule has 0 heterocycles. The fraction of sp³-hybridized carbons (Fsp3) is 0.684. The molecule has 2 fully saturated rings. The molecule has 0 aromatic heterocycles. The van der Waals surface area contributed by atoms with E-state index in [1.807, 2.05) is 12.1 Å². The molecule has 0 aliphatic heterocycles. The van der Waals surface area contributed by atoms with Gasteiger partial charge in [-0.05, 0) is 84.5 Å². The van der Waals surface area contributed by atoms with E-state index in [4.69, 9.17) is 0 Å². The molecule has 3 aliphatic rings. The largest absolute Gasteiger partial charge is 0.508 e. The van der Waals surface area contributed by atoms with Crippen molar-refractivity contribution in [2.24, 2.45) is 22.4 Å². The van der Waals surface area contributed by atoms with Crippen molar-refractivity contribution in [2.45, 2.75) is 63.8 Å². The second-order valence-corrected chi connectivity index (χ2v) is 8.21. The first-order chi connectivity index (χ1) is 10.5. The first-order valence-corrected chi connectivity index (χ1v) is 8.64. The fourth-order valence-electron chi connectivity index (χ4n) is 6.10. The van der Waals surface area contributed by atoms with E-state index >= 15 is 0 Å². The van der Waals surface area contributed by atoms with Crippen LogP contribution in [-0.2, 0) is 11.8 Å². The number of hydrogen-bond donors (Lipinski definition) is 1. The molecule has 3 nitrogen and oxygen atoms in total. The zero-order valence-electron chi connectivity index (χ0n) is 13.5. The second-order valence-electron chi connectivity index (χ2n) is 8.21. The van der Waals surface area contributed by atoms with Crippen LogP contribution in [0.4, 0.5) is 0 Å². The van der Waals surface area contributed by atoms with E-state index in [1.165, 1.54) is 17.5 Å². The standard InChI is InChI=1S/C19H25NO2/c1-18-9-10-19(2)16(7-8-17(19)20-22)15(18)5-3-12-11-13(21)4-6-14(12)18/h4,6,11,15-17,21H,3,5,7-10H2,1-2H3/t15-,16?,17-,18?,19-/m0/s1. The summed E-state index contributed by atoms with van der Waals surface area (Å²) in [6.45, 7) is 4.72. The van der Waals surface area contributed by atoms with Crippen molar-refractivity contribution in [1.82, 2.24) is 0 Å². The lowest BCUT2D eigenvalue weighted by atomic mass is 9.49. The highest BCUT2D eigenvalue weighted by Crippen LogP contribution is 2.63. The van der Waals surface area contributed by atoms with Gasteiger partial charge in [-0.2, -0.15) is 4.91 Å². The zero-order chi connectivity index (χ0) is 15.5. The van der Waals surface area contributed by atoms with Crippen molar-refractivity contribution >= 4 is 0 Å². The number of benzene rings is 1. The average molecular weight is 299 g/mol. The fourth-order valence-corrected chi connectivity index (χ4v) is 6.10. The molecule has 22 heavy (non-hydrogen) atoms. The highest BCUT2D eigenvalue weighted by Gasteiger charge is 2.59. The van der Waals surface area contributed by atoms with Crippen LogP contribution in [0.15, 0.2) is 23.4 Å². The Bertz CT molecular complexity index is 628. The van der Waals surface area contributed by atoms with E-state index in [-0.39, 0.29) is 16.9 Å². The maximum absolute atomic E-state index is 11.3. The van der Waals surface area contributed by atoms with E-state index in [2.05, 4.69) is 25.1 Å². The molecule has 1 aromatic rings. The van der Waals surface area contributed by atoms with Crippen LogP contribution in [-0.4, -0.2) is 11.1 Å². The van der Waals surface area contributed by atoms with Crippen molar-refractivity contribution in [2.75, 3.05) is 0 Å². The van der Waals surface area contributed by atoms with Gasteiger partial charge in [0.2, 0.25) is 0 Å². The Balaban J connectivity index is 1.77. The van der Waals surface area contributed by atoms with Gasteiger partial charge in [-0.15, -0.1) is 0 Å². The number of fused-ring (bicyclic) bond motifs is 5. The van der Waals surface area contributed by atoms with Crippen LogP contribution in [0.5, 0.6) is 5.75 Å². The molecule has 2 unspecified atom stereocenters. The van der Waals surface area contributed by atoms with Gasteiger partial charge >= 0.3 is 0 Å². The third-order valence-corrected chi connectivity index (χ3v) is 7.40. The molecule has 1 N–H and O–H groups in total. The summed E-state index contributed by atoms with van der Waals surface area (Å²) in [5.41, 5.74) is 3.07. The molecule has 3 heteroatoms. The quantitative estimate of drug-likeness (QED) is 0.773. The smallest absolute Gasteiger partial charge is 0.115 e. The maximum Gasteiger partial charge on any atom is 0.115 e. The lowest BCUT2D eigenvalue weighted by Crippen LogP contribution is -2.51. The Morgan fingerprint density at radius 3 is 2.73 bits per heavy atom. The Morgan fingerprint density at radius 2 is 1.95 bits per heavy atom. The first-order valence-electron chi connectivity index (χ1n) is 8.64. The van der Waals surface area contributed by atoms with Crippen molar-refractivity contribution in [3.63, 3.8) is 0 Å². The minimum absolute atomic E-state index is 0.0169. The molecule has 118 valence electrons. The van der Waals surface area contributed by atoms with Crippen molar-refractivity contribution in [1.29, 1.82) is 0 Å². The first kappa shape index (κ1) is 14.2. The molecule has 0 amide bonds. The van der Waals surface area contributed by atoms with Crippen LogP contribution in [0.3, 0.4) is 0 Å². The molecule has 2 saturated carbocycles. The number of aryl methyl sites for hydroxylation is 1. The molecule has 0 bridgehead atoms. The summed E-state index contributed by atoms with van der Waals surface area (Å²) >= 11 is 0. The summed E-state index contributed by atoms with van der Waals surface area (Å²) in [4.78, 5) is 11.3. The van der Waals surface area contributed by atoms with Gasteiger partial charge in [-0.1, -0.05) is 25.1 Å². The van der Waals surface area contributed by atoms with E-state index in [1.54, 1.807) is 0 Å². The SMILES string of the molecule is CC12CC[C@@]3(C)C(CC[C@@H]3N=O)[C@@H]1CCc1cc(O)ccc12. The minimum Gasteiger partial charge on any atom is -0.508 e. The molecule has 1 aromatic carbocycles. The Hall–Kier alpha value is -1.38. The van der Waals surface area contributed by atoms with Gasteiger partial charge in [0.25, 0.3) is 0 Å². The van der Waals surface area contributed by atoms with Crippen molar-refractivity contribution in [3.8, 4) is 5.75 Å². The van der Waals surface area contributed by atoms with Crippen LogP contribution >= 0.6 is 0 Å². The van der Waals surface area contributed by atoms with Crippen LogP contribution < -0.4 is 0 Å². The highest BCUT2D eigenvalue weighted by atomic mass is 16.3. The topological polar surface area (TPSA) is 49.7 Å². The van der Waals surface area contributed by atoms with Crippen LogP contribution in [0.25, 0.3) is 0 Å². The van der Waals surface area contributed by atoms with E-state index in [0.717, 1.165) is 32.1 Å². The predicted molar refractivity (Wildman–Crippen MR) is 86.9 cm³/mol. The number of rotatable bonds is 1. The number of hydrogen-bond acceptors (Lipinski definition) is 3. The molecule has 0 spiro atoms. The van der Waals surface area contributed by atoms with Gasteiger partial charge < -0.3 is 5.11 Å². The van der Waals surface area contributed by atoms with Gasteiger partial charge in [-0.25, -0.2) is 0 Å². The van der Waals surface area contributed by atoms with Gasteiger partial charge in [0, 0.05) is 0 Å². The van der Waals surface area contributed by atoms with E-state index in [9.17, 15) is 10.0 Å². The summed E-state index contributed by atoms with van der Waals surface area (Å²) in [6, 6.07) is 5.95. The summed E-state index contributed by atoms with van der Waals surface area (Å²) in [6.07, 6.45) is 6.59. The third-order valence-electron chi connectivity index (χ3n) is 7.40. The maximum atomic E-state index is 11.3. The van der Waals surface area contributed by atoms with Crippen LogP contribution in [0.2, 0.25) is 0 Å². The van der Waals surface area contributed by atoms with Gasteiger partial charge in [0.05, 0.1) is 6.04 Å². The number of nitrogens with zero attached hydrogens (tertiary/aromatic N) is 1. The lowest BCUT2D eigenvalue weighted by Gasteiger charge is -2.55. The number of aromatic hydroxyl groups is 1. The molecule has 5 atom stereocenters. The molecular weight excluding hydrogens is 274 g/mol. The van der Waals surface area contributed by atoms with Crippen molar-refractivity contribution < 1.29 is 5.11 Å². The molecule has 0 saturated heterocycles. The van der Waals surface area contributed by atoms with E-state index in [0.29, 0.717) is 17.6 Å². The Morgan fingerprint density at radius 1 is 1.14 bits per heavy atom. The van der Waals surface area contributed by atoms with Gasteiger partial charge in [-0.3, -0.25) is 0 Å². The number of phenols is 1. The van der Waals surface area contributed by atoms with Gasteiger partial charge in [0.15, 0.2) is 0 Å². The van der Waals surface area contributed by atoms with E-state index < -0.39 is 0 Å². The lowest BCUT2D eigenvalue weighted by molar-refractivity contribution is 0.00678. The minimum atomic E-state index is 0.0169. The predicted octanol–water partition coefficient (Wildman–Crippen LogP) is 4.56. The summed E-state index contributed by atoms with van der Waals surface area (Å²) in [5, 5.41) is 13.3. The Labute approximate surface area is 132 Å². The summed E-state index contributed by atoms with van der Waals surface area (Å²) < 4.78 is 0. The second kappa shape index (κ2) is 4.56. The monoisotopic (exact) mass is 299 g/mol. The average Bonchev–Trinajstić information content (AvgIpc) is 2.83. The van der Waals surface area contributed by atoms with Gasteiger partial charge in [0.1, 0.15) is 5.75 Å². The Kier molecular flexibility index (Phi) is 2.95. The zero-order valence-corrected chi connectivity index (χ0v) is 13.5. The number of nitroso groups, excluding NO2 is 1. The molecule has 0 radical (unpaired) electrons. The van der Waals surface area contributed by atoms with Crippen LogP contribution in [0.1, 0.15) is 57.1 Å². The third kappa shape index (κ3) is 1.68. The van der Waals surface area contributed by atoms with Crippen molar-refractivity contribution in [3.05, 3.63) is 34.2 Å². The van der Waals surface area contributed by atoms with Crippen LogP contribution in [0, 0.1) is 22.2 Å². The summed E-state index contributed by atoms with van der Waals surface area (Å²) in [7, 11) is 0. The molecule has 3 aliphatic carbocycles. The molecular formula is C19H25NO2. The molecule has 4 rings (SSSR count).